The van der Waals surface area contributed by atoms with Crippen LogP contribution >= 0.6 is 0 Å². The molecule has 11 heavy (non-hydrogen) atoms. The van der Waals surface area contributed by atoms with Gasteiger partial charge in [-0.15, -0.1) is 0 Å². The van der Waals surface area contributed by atoms with Crippen LogP contribution in [0, 0.1) is 0 Å². The van der Waals surface area contributed by atoms with Gasteiger partial charge in [0.1, 0.15) is 0 Å². The summed E-state index contributed by atoms with van der Waals surface area (Å²) in [6, 6.07) is 0. The third-order valence-electron chi connectivity index (χ3n) is 1.26. The molecule has 0 aromatic carbocycles. The maximum absolute atomic E-state index is 8.37. The Kier molecular flexibility index (Phi) is 46.1. The van der Waals surface area contributed by atoms with Gasteiger partial charge >= 0.3 is 0 Å². The summed E-state index contributed by atoms with van der Waals surface area (Å²) in [5.41, 5.74) is 0. The molecule has 0 bridgehead atoms. The van der Waals surface area contributed by atoms with E-state index in [2.05, 4.69) is 6.92 Å². The van der Waals surface area contributed by atoms with Crippen molar-refractivity contribution >= 4 is 0 Å². The van der Waals surface area contributed by atoms with Gasteiger partial charge in [-0.2, -0.15) is 0 Å². The third kappa shape index (κ3) is 24.9. The van der Waals surface area contributed by atoms with Crippen LogP contribution in [0.1, 0.15) is 39.0 Å². The fourth-order valence-electron chi connectivity index (χ4n) is 0.715. The maximum atomic E-state index is 8.37. The zero-order valence-electron chi connectivity index (χ0n) is 7.19. The minimum atomic E-state index is 0. The van der Waals surface area contributed by atoms with E-state index in [1.165, 1.54) is 25.7 Å². The van der Waals surface area contributed by atoms with E-state index in [0.29, 0.717) is 6.61 Å². The monoisotopic (exact) mass is 332 g/mol. The summed E-state index contributed by atoms with van der Waals surface area (Å²) in [4.78, 5) is 0. The van der Waals surface area contributed by atoms with E-state index in [9.17, 15) is 0 Å². The van der Waals surface area contributed by atoms with Gasteiger partial charge in [-0.1, -0.05) is 32.6 Å². The number of unbranched alkanes of at least 4 members (excludes halogenated alkanes) is 4. The van der Waals surface area contributed by atoms with Crippen molar-refractivity contribution in [1.29, 1.82) is 0 Å². The summed E-state index contributed by atoms with van der Waals surface area (Å²) in [5.74, 6) is 0. The van der Waals surface area contributed by atoms with Gasteiger partial charge in [0, 0.05) is 32.5 Å². The Labute approximate surface area is 87.6 Å². The average Bonchev–Trinajstić information content (AvgIpc) is 1.81. The van der Waals surface area contributed by atoms with E-state index in [1.54, 1.807) is 0 Å². The standard InChI is InChI=1S/C7H16O.Hf.2H2O/c1-2-3-4-5-6-7-8;;;/h8H,2-7H2,1H3;;2*1H2. The van der Waals surface area contributed by atoms with Gasteiger partial charge in [-0.05, 0) is 6.42 Å². The van der Waals surface area contributed by atoms with E-state index < -0.39 is 0 Å². The molecule has 0 aromatic rings. The normalized spacial score (nSPS) is 7.09. The Morgan fingerprint density at radius 3 is 1.73 bits per heavy atom. The van der Waals surface area contributed by atoms with E-state index in [0.717, 1.165) is 6.42 Å². The van der Waals surface area contributed by atoms with Crippen LogP contribution in [-0.4, -0.2) is 22.7 Å². The molecular formula is C7H20HfO3. The summed E-state index contributed by atoms with van der Waals surface area (Å²) in [7, 11) is 0. The van der Waals surface area contributed by atoms with E-state index in [1.807, 2.05) is 0 Å². The smallest absolute Gasteiger partial charge is 0.0431 e. The van der Waals surface area contributed by atoms with Crippen molar-refractivity contribution in [3.05, 3.63) is 0 Å². The van der Waals surface area contributed by atoms with Crippen LogP contribution < -0.4 is 0 Å². The van der Waals surface area contributed by atoms with Crippen LogP contribution in [0.3, 0.4) is 0 Å². The zero-order valence-corrected chi connectivity index (χ0v) is 10.8. The molecule has 5 N–H and O–H groups in total. The topological polar surface area (TPSA) is 83.2 Å². The molecular weight excluding hydrogens is 311 g/mol. The van der Waals surface area contributed by atoms with Crippen molar-refractivity contribution < 1.29 is 41.9 Å². The Balaban J connectivity index is -0.0000000817. The van der Waals surface area contributed by atoms with Gasteiger partial charge in [0.2, 0.25) is 0 Å². The number of hydrogen-bond acceptors (Lipinski definition) is 1. The molecule has 4 heteroatoms. The number of aliphatic hydroxyl groups is 1. The summed E-state index contributed by atoms with van der Waals surface area (Å²) >= 11 is 0. The number of rotatable bonds is 5. The Bertz CT molecular complexity index is 38.7. The van der Waals surface area contributed by atoms with Crippen LogP contribution in [0.5, 0.6) is 0 Å². The maximum Gasteiger partial charge on any atom is 0.0431 e. The molecule has 0 radical (unpaired) electrons. The van der Waals surface area contributed by atoms with Crippen molar-refractivity contribution in [2.24, 2.45) is 0 Å². The second-order valence-electron chi connectivity index (χ2n) is 2.14. The van der Waals surface area contributed by atoms with Gasteiger partial charge in [0.15, 0.2) is 0 Å². The molecule has 0 heterocycles. The summed E-state index contributed by atoms with van der Waals surface area (Å²) in [5, 5.41) is 8.37. The van der Waals surface area contributed by atoms with E-state index >= 15 is 0 Å². The van der Waals surface area contributed by atoms with Crippen molar-refractivity contribution in [2.75, 3.05) is 6.61 Å². The second-order valence-corrected chi connectivity index (χ2v) is 2.14. The summed E-state index contributed by atoms with van der Waals surface area (Å²) in [6.45, 7) is 2.56. The van der Waals surface area contributed by atoms with Gasteiger partial charge in [0.05, 0.1) is 0 Å². The largest absolute Gasteiger partial charge is 0.412 e. The molecule has 0 amide bonds. The molecule has 0 spiro atoms. The van der Waals surface area contributed by atoms with Crippen LogP contribution in [0.4, 0.5) is 0 Å². The number of aliphatic hydroxyl groups excluding tert-OH is 1. The SMILES string of the molecule is CCCCCCCO.O.O.[Hf]. The minimum absolute atomic E-state index is 0. The molecule has 0 fully saturated rings. The molecule has 70 valence electrons. The first-order valence-corrected chi connectivity index (χ1v) is 3.52. The first kappa shape index (κ1) is 22.6. The van der Waals surface area contributed by atoms with Crippen molar-refractivity contribution in [3.8, 4) is 0 Å². The van der Waals surface area contributed by atoms with Crippen LogP contribution in [-0.2, 0) is 25.8 Å². The van der Waals surface area contributed by atoms with Gasteiger partial charge in [-0.3, -0.25) is 0 Å². The molecule has 0 aliphatic heterocycles. The van der Waals surface area contributed by atoms with E-state index in [4.69, 9.17) is 5.11 Å². The van der Waals surface area contributed by atoms with Crippen LogP contribution in [0.2, 0.25) is 0 Å². The quantitative estimate of drug-likeness (QED) is 0.570. The molecule has 0 atom stereocenters. The van der Waals surface area contributed by atoms with E-state index in [-0.39, 0.29) is 36.8 Å². The van der Waals surface area contributed by atoms with Crippen molar-refractivity contribution in [3.63, 3.8) is 0 Å². The third-order valence-corrected chi connectivity index (χ3v) is 1.26. The fraction of sp³-hybridized carbons (Fsp3) is 1.00. The summed E-state index contributed by atoms with van der Waals surface area (Å²) in [6.07, 6.45) is 6.08. The molecule has 0 aliphatic carbocycles. The first-order valence-electron chi connectivity index (χ1n) is 3.52. The predicted octanol–water partition coefficient (Wildman–Crippen LogP) is 0.297. The minimum Gasteiger partial charge on any atom is -0.412 e. The number of hydrogen-bond donors (Lipinski definition) is 1. The fourth-order valence-corrected chi connectivity index (χ4v) is 0.715. The molecule has 0 rings (SSSR count). The van der Waals surface area contributed by atoms with Gasteiger partial charge in [0.25, 0.3) is 0 Å². The molecule has 0 saturated carbocycles. The zero-order chi connectivity index (χ0) is 6.24. The molecule has 0 saturated heterocycles. The molecule has 0 aromatic heterocycles. The van der Waals surface area contributed by atoms with Gasteiger partial charge in [-0.25, -0.2) is 0 Å². The predicted molar refractivity (Wildman–Crippen MR) is 43.1 cm³/mol. The van der Waals surface area contributed by atoms with Crippen LogP contribution in [0.25, 0.3) is 0 Å². The Morgan fingerprint density at radius 2 is 1.36 bits per heavy atom. The second kappa shape index (κ2) is 22.4. The molecule has 0 unspecified atom stereocenters. The van der Waals surface area contributed by atoms with Gasteiger partial charge < -0.3 is 16.1 Å². The average molecular weight is 331 g/mol. The Morgan fingerprint density at radius 1 is 0.909 bits per heavy atom. The summed E-state index contributed by atoms with van der Waals surface area (Å²) < 4.78 is 0. The van der Waals surface area contributed by atoms with Crippen molar-refractivity contribution in [1.82, 2.24) is 0 Å². The van der Waals surface area contributed by atoms with Crippen LogP contribution in [0.15, 0.2) is 0 Å². The van der Waals surface area contributed by atoms with Crippen molar-refractivity contribution in [2.45, 2.75) is 39.0 Å². The first-order chi connectivity index (χ1) is 3.91. The molecule has 3 nitrogen and oxygen atoms in total. The Hall–Kier alpha value is 0.750. The molecule has 0 aliphatic rings.